The molecular weight excluding hydrogens is 340 g/mol. The number of nitrogens with one attached hydrogen (secondary N) is 3. The fourth-order valence-electron chi connectivity index (χ4n) is 3.86. The molecular formula is C21H23N4O2+. The smallest absolute Gasteiger partial charge is 0.323 e. The number of nitrogens with zero attached hydrogens (tertiary/aromatic N) is 1. The van der Waals surface area contributed by atoms with Crippen LogP contribution in [0.25, 0.3) is 0 Å². The van der Waals surface area contributed by atoms with Crippen molar-refractivity contribution >= 4 is 5.91 Å². The van der Waals surface area contributed by atoms with Crippen LogP contribution in [0.1, 0.15) is 27.7 Å². The number of H-pyrrole nitrogens is 2. The maximum Gasteiger partial charge on any atom is 0.323 e. The maximum absolute atomic E-state index is 12.6. The molecule has 1 aromatic heterocycles. The monoisotopic (exact) mass is 363 g/mol. The third-order valence-electron chi connectivity index (χ3n) is 5.19. The van der Waals surface area contributed by atoms with Crippen LogP contribution in [0.4, 0.5) is 0 Å². The molecule has 0 unspecified atom stereocenters. The molecule has 2 aromatic carbocycles. The van der Waals surface area contributed by atoms with Gasteiger partial charge in [0, 0.05) is 17.3 Å². The van der Waals surface area contributed by atoms with E-state index in [4.69, 9.17) is 0 Å². The number of quaternary nitrogens is 1. The van der Waals surface area contributed by atoms with E-state index in [0.717, 1.165) is 13.1 Å². The Morgan fingerprint density at radius 1 is 0.926 bits per heavy atom. The Bertz CT molecular complexity index is 901. The van der Waals surface area contributed by atoms with Gasteiger partial charge in [0.25, 0.3) is 5.91 Å². The number of amides is 1. The van der Waals surface area contributed by atoms with Crippen LogP contribution in [-0.4, -0.2) is 47.0 Å². The molecule has 0 radical (unpaired) electrons. The van der Waals surface area contributed by atoms with Crippen LogP contribution in [-0.2, 0) is 0 Å². The van der Waals surface area contributed by atoms with Crippen LogP contribution < -0.4 is 10.6 Å². The van der Waals surface area contributed by atoms with Crippen molar-refractivity contribution in [1.29, 1.82) is 0 Å². The third kappa shape index (κ3) is 3.71. The predicted octanol–water partition coefficient (Wildman–Crippen LogP) is 0.833. The highest BCUT2D eigenvalue weighted by Crippen LogP contribution is 2.19. The zero-order valence-electron chi connectivity index (χ0n) is 15.0. The summed E-state index contributed by atoms with van der Waals surface area (Å²) in [5.41, 5.74) is 2.55. The molecule has 1 aliphatic heterocycles. The standard InChI is InChI=1S/C21H22N4O2/c26-20(18-15-22-21(27)23-18)25-13-11-24(12-14-25)19(16-7-3-1-4-8-16)17-9-5-2-6-10-17/h1-10,15,19H,11-14H2,(H2,22,23,27)/p+1. The molecule has 0 saturated carbocycles. The molecule has 2 heterocycles. The van der Waals surface area contributed by atoms with Crippen molar-refractivity contribution < 1.29 is 9.69 Å². The van der Waals surface area contributed by atoms with E-state index in [0.29, 0.717) is 18.8 Å². The zero-order valence-corrected chi connectivity index (χ0v) is 15.0. The number of carbonyl (C=O) groups excluding carboxylic acids is 1. The van der Waals surface area contributed by atoms with Gasteiger partial charge in [0.1, 0.15) is 11.7 Å². The molecule has 27 heavy (non-hydrogen) atoms. The minimum Gasteiger partial charge on any atom is -0.326 e. The van der Waals surface area contributed by atoms with Crippen LogP contribution in [0.15, 0.2) is 71.7 Å². The van der Waals surface area contributed by atoms with Crippen molar-refractivity contribution in [3.63, 3.8) is 0 Å². The van der Waals surface area contributed by atoms with Gasteiger partial charge in [0.05, 0.1) is 26.2 Å². The molecule has 3 aromatic rings. The third-order valence-corrected chi connectivity index (χ3v) is 5.19. The Balaban J connectivity index is 1.52. The van der Waals surface area contributed by atoms with E-state index < -0.39 is 0 Å². The van der Waals surface area contributed by atoms with Crippen LogP contribution in [0, 0.1) is 0 Å². The highest BCUT2D eigenvalue weighted by Gasteiger charge is 2.32. The molecule has 1 fully saturated rings. The van der Waals surface area contributed by atoms with Gasteiger partial charge in [-0.05, 0) is 0 Å². The van der Waals surface area contributed by atoms with E-state index in [2.05, 4.69) is 58.5 Å². The van der Waals surface area contributed by atoms with E-state index in [1.54, 1.807) is 0 Å². The number of hydrogen-bond donors (Lipinski definition) is 3. The zero-order chi connectivity index (χ0) is 18.6. The fraction of sp³-hybridized carbons (Fsp3) is 0.238. The number of aromatic amines is 2. The van der Waals surface area contributed by atoms with E-state index in [1.165, 1.54) is 22.2 Å². The summed E-state index contributed by atoms with van der Waals surface area (Å²) in [6.45, 7) is 3.04. The van der Waals surface area contributed by atoms with E-state index in [9.17, 15) is 9.59 Å². The fourth-order valence-corrected chi connectivity index (χ4v) is 3.86. The number of imidazole rings is 1. The molecule has 1 amide bonds. The average Bonchev–Trinajstić information content (AvgIpc) is 3.16. The van der Waals surface area contributed by atoms with Crippen molar-refractivity contribution in [2.45, 2.75) is 6.04 Å². The van der Waals surface area contributed by atoms with Crippen LogP contribution in [0.5, 0.6) is 0 Å². The first-order chi connectivity index (χ1) is 13.2. The molecule has 0 atom stereocenters. The molecule has 1 saturated heterocycles. The van der Waals surface area contributed by atoms with Crippen molar-refractivity contribution in [2.24, 2.45) is 0 Å². The summed E-state index contributed by atoms with van der Waals surface area (Å²) in [6.07, 6.45) is 1.45. The number of aromatic nitrogens is 2. The van der Waals surface area contributed by atoms with Crippen LogP contribution >= 0.6 is 0 Å². The van der Waals surface area contributed by atoms with Crippen molar-refractivity contribution in [3.8, 4) is 0 Å². The summed E-state index contributed by atoms with van der Waals surface area (Å²) < 4.78 is 0. The Hall–Kier alpha value is -3.12. The highest BCUT2D eigenvalue weighted by atomic mass is 16.2. The Morgan fingerprint density at radius 2 is 1.48 bits per heavy atom. The molecule has 1 aliphatic rings. The lowest BCUT2D eigenvalue weighted by Gasteiger charge is -2.36. The summed E-state index contributed by atoms with van der Waals surface area (Å²) in [6, 6.07) is 21.3. The lowest BCUT2D eigenvalue weighted by Crippen LogP contribution is -3.15. The van der Waals surface area contributed by atoms with Gasteiger partial charge in [-0.3, -0.25) is 4.79 Å². The molecule has 3 N–H and O–H groups in total. The number of carbonyl (C=O) groups is 1. The van der Waals surface area contributed by atoms with E-state index in [-0.39, 0.29) is 17.6 Å². The summed E-state index contributed by atoms with van der Waals surface area (Å²) in [4.78, 5) is 32.1. The van der Waals surface area contributed by atoms with Gasteiger partial charge in [-0.25, -0.2) is 4.79 Å². The van der Waals surface area contributed by atoms with Gasteiger partial charge in [0.2, 0.25) is 0 Å². The normalized spacial score (nSPS) is 15.2. The van der Waals surface area contributed by atoms with Gasteiger partial charge in [-0.15, -0.1) is 0 Å². The maximum atomic E-state index is 12.6. The Kier molecular flexibility index (Phi) is 4.89. The molecule has 6 nitrogen and oxygen atoms in total. The van der Waals surface area contributed by atoms with Crippen molar-refractivity contribution in [3.05, 3.63) is 94.2 Å². The quantitative estimate of drug-likeness (QED) is 0.643. The number of rotatable bonds is 4. The predicted molar refractivity (Wildman–Crippen MR) is 103 cm³/mol. The van der Waals surface area contributed by atoms with Gasteiger partial charge < -0.3 is 19.8 Å². The molecule has 0 spiro atoms. The minimum absolute atomic E-state index is 0.122. The summed E-state index contributed by atoms with van der Waals surface area (Å²) in [7, 11) is 0. The first-order valence-corrected chi connectivity index (χ1v) is 9.24. The lowest BCUT2D eigenvalue weighted by atomic mass is 9.96. The van der Waals surface area contributed by atoms with Gasteiger partial charge in [-0.2, -0.15) is 0 Å². The molecule has 4 rings (SSSR count). The van der Waals surface area contributed by atoms with Crippen molar-refractivity contribution in [2.75, 3.05) is 26.2 Å². The SMILES string of the molecule is O=C(c1c[nH]c(=O)[nH]1)N1CC[NH+](C(c2ccccc2)c2ccccc2)CC1. The second-order valence-corrected chi connectivity index (χ2v) is 6.86. The molecule has 6 heteroatoms. The van der Waals surface area contributed by atoms with Gasteiger partial charge >= 0.3 is 5.69 Å². The second-order valence-electron chi connectivity index (χ2n) is 6.86. The average molecular weight is 363 g/mol. The molecule has 0 aliphatic carbocycles. The topological polar surface area (TPSA) is 73.4 Å². The van der Waals surface area contributed by atoms with Crippen LogP contribution in [0.3, 0.4) is 0 Å². The summed E-state index contributed by atoms with van der Waals surface area (Å²) >= 11 is 0. The van der Waals surface area contributed by atoms with Gasteiger partial charge in [0.15, 0.2) is 0 Å². The van der Waals surface area contributed by atoms with Crippen LogP contribution in [0.2, 0.25) is 0 Å². The first kappa shape index (κ1) is 17.3. The number of piperazine rings is 1. The molecule has 138 valence electrons. The largest absolute Gasteiger partial charge is 0.326 e. The minimum atomic E-state index is -0.351. The number of hydrogen-bond acceptors (Lipinski definition) is 2. The van der Waals surface area contributed by atoms with E-state index >= 15 is 0 Å². The Labute approximate surface area is 157 Å². The lowest BCUT2D eigenvalue weighted by molar-refractivity contribution is -0.929. The Morgan fingerprint density at radius 3 is 1.96 bits per heavy atom. The first-order valence-electron chi connectivity index (χ1n) is 9.24. The molecule has 0 bridgehead atoms. The van der Waals surface area contributed by atoms with Gasteiger partial charge in [-0.1, -0.05) is 60.7 Å². The highest BCUT2D eigenvalue weighted by molar-refractivity contribution is 5.92. The van der Waals surface area contributed by atoms with Crippen molar-refractivity contribution in [1.82, 2.24) is 14.9 Å². The second kappa shape index (κ2) is 7.63. The summed E-state index contributed by atoms with van der Waals surface area (Å²) in [5.74, 6) is -0.122. The van der Waals surface area contributed by atoms with E-state index in [1.807, 2.05) is 17.0 Å². The summed E-state index contributed by atoms with van der Waals surface area (Å²) in [5, 5.41) is 0. The number of benzene rings is 2.